The van der Waals surface area contributed by atoms with Gasteiger partial charge in [0.2, 0.25) is 15.9 Å². The summed E-state index contributed by atoms with van der Waals surface area (Å²) >= 11 is 0. The number of hydrogen-bond acceptors (Lipinski definition) is 6. The molecule has 1 aromatic carbocycles. The van der Waals surface area contributed by atoms with Crippen LogP contribution in [0.4, 0.5) is 5.69 Å². The summed E-state index contributed by atoms with van der Waals surface area (Å²) in [5, 5.41) is 2.82. The van der Waals surface area contributed by atoms with Gasteiger partial charge < -0.3 is 15.0 Å². The van der Waals surface area contributed by atoms with Crippen LogP contribution in [0.15, 0.2) is 29.2 Å². The molecule has 2 aromatic rings. The lowest BCUT2D eigenvalue weighted by atomic mass is 9.97. The van der Waals surface area contributed by atoms with Gasteiger partial charge >= 0.3 is 5.97 Å². The Kier molecular flexibility index (Phi) is 7.38. The average Bonchev–Trinajstić information content (AvgIpc) is 3.08. The molecule has 0 spiro atoms. The molecule has 1 aromatic heterocycles. The number of piperidine rings is 1. The number of sulfonamides is 1. The van der Waals surface area contributed by atoms with E-state index in [0.29, 0.717) is 35.5 Å². The smallest absolute Gasteiger partial charge is 0.341 e. The van der Waals surface area contributed by atoms with Crippen LogP contribution >= 0.6 is 0 Å². The molecule has 1 saturated heterocycles. The lowest BCUT2D eigenvalue weighted by Gasteiger charge is -2.30. The number of aromatic amines is 1. The van der Waals surface area contributed by atoms with Crippen LogP contribution in [-0.2, 0) is 19.6 Å². The first-order valence-corrected chi connectivity index (χ1v) is 12.3. The Labute approximate surface area is 193 Å². The first-order chi connectivity index (χ1) is 15.6. The SMILES string of the molecule is CCOC(=O)c1c(C)[nH]c(C)c1S(=O)(=O)N1CCC(C(=O)Nc2cccc(C(C)=O)c2)CC1. The summed E-state index contributed by atoms with van der Waals surface area (Å²) in [7, 11) is -3.96. The summed E-state index contributed by atoms with van der Waals surface area (Å²) in [5.74, 6) is -1.35. The molecular weight excluding hydrogens is 446 g/mol. The number of aryl methyl sites for hydroxylation is 2. The van der Waals surface area contributed by atoms with Gasteiger partial charge in [-0.15, -0.1) is 0 Å². The number of nitrogens with zero attached hydrogens (tertiary/aromatic N) is 1. The van der Waals surface area contributed by atoms with Gasteiger partial charge in [-0.2, -0.15) is 4.31 Å². The summed E-state index contributed by atoms with van der Waals surface area (Å²) < 4.78 is 33.1. The Bertz CT molecular complexity index is 1180. The zero-order valence-corrected chi connectivity index (χ0v) is 20.0. The van der Waals surface area contributed by atoms with E-state index in [0.717, 1.165) is 0 Å². The highest BCUT2D eigenvalue weighted by atomic mass is 32.2. The minimum absolute atomic E-state index is 0.0274. The molecule has 3 rings (SSSR count). The predicted octanol–water partition coefficient (Wildman–Crippen LogP) is 3.05. The summed E-state index contributed by atoms with van der Waals surface area (Å²) in [5.41, 5.74) is 1.87. The number of H-pyrrole nitrogens is 1. The normalized spacial score (nSPS) is 15.3. The molecule has 9 nitrogen and oxygen atoms in total. The number of carbonyl (C=O) groups excluding carboxylic acids is 3. The van der Waals surface area contributed by atoms with E-state index in [4.69, 9.17) is 4.74 Å². The number of Topliss-reactive ketones (excluding diaryl/α,β-unsaturated/α-hetero) is 1. The van der Waals surface area contributed by atoms with Crippen LogP contribution < -0.4 is 5.32 Å². The van der Waals surface area contributed by atoms with Gasteiger partial charge in [0.15, 0.2) is 5.78 Å². The molecule has 1 amide bonds. The van der Waals surface area contributed by atoms with Gasteiger partial charge in [0, 0.05) is 41.6 Å². The fourth-order valence-corrected chi connectivity index (χ4v) is 5.96. The van der Waals surface area contributed by atoms with E-state index in [-0.39, 0.29) is 47.8 Å². The van der Waals surface area contributed by atoms with Gasteiger partial charge in [0.1, 0.15) is 10.5 Å². The van der Waals surface area contributed by atoms with Crippen molar-refractivity contribution in [3.63, 3.8) is 0 Å². The number of ketones is 1. The number of benzene rings is 1. The third-order valence-electron chi connectivity index (χ3n) is 5.76. The molecule has 1 aliphatic heterocycles. The first kappa shape index (κ1) is 24.7. The molecule has 0 unspecified atom stereocenters. The standard InChI is InChI=1S/C23H29N3O6S/c1-5-32-23(29)20-14(2)24-15(3)21(20)33(30,31)26-11-9-17(10-12-26)22(28)25-19-8-6-7-18(13-19)16(4)27/h6-8,13,17,24H,5,9-12H2,1-4H3,(H,25,28). The van der Waals surface area contributed by atoms with Gasteiger partial charge in [-0.1, -0.05) is 12.1 Å². The Morgan fingerprint density at radius 3 is 2.42 bits per heavy atom. The minimum Gasteiger partial charge on any atom is -0.462 e. The summed E-state index contributed by atoms with van der Waals surface area (Å²) in [6.45, 7) is 6.80. The maximum absolute atomic E-state index is 13.4. The number of nitrogens with one attached hydrogen (secondary N) is 2. The summed E-state index contributed by atoms with van der Waals surface area (Å²) in [4.78, 5) is 39.5. The summed E-state index contributed by atoms with van der Waals surface area (Å²) in [6, 6.07) is 6.70. The van der Waals surface area contributed by atoms with Gasteiger partial charge in [-0.3, -0.25) is 9.59 Å². The number of amides is 1. The highest BCUT2D eigenvalue weighted by molar-refractivity contribution is 7.89. The molecule has 0 atom stereocenters. The van der Waals surface area contributed by atoms with Crippen molar-refractivity contribution >= 4 is 33.4 Å². The number of hydrogen-bond donors (Lipinski definition) is 2. The number of aromatic nitrogens is 1. The van der Waals surface area contributed by atoms with Crippen LogP contribution in [0.25, 0.3) is 0 Å². The van der Waals surface area contributed by atoms with Crippen molar-refractivity contribution in [3.05, 3.63) is 46.8 Å². The number of anilines is 1. The monoisotopic (exact) mass is 475 g/mol. The zero-order chi connectivity index (χ0) is 24.3. The zero-order valence-electron chi connectivity index (χ0n) is 19.2. The third-order valence-corrected chi connectivity index (χ3v) is 7.83. The van der Waals surface area contributed by atoms with Crippen LogP contribution in [0.5, 0.6) is 0 Å². The van der Waals surface area contributed by atoms with E-state index in [1.165, 1.54) is 11.2 Å². The van der Waals surface area contributed by atoms with Crippen LogP contribution in [0, 0.1) is 19.8 Å². The van der Waals surface area contributed by atoms with Crippen LogP contribution in [-0.4, -0.2) is 55.1 Å². The van der Waals surface area contributed by atoms with Crippen molar-refractivity contribution < 1.29 is 27.5 Å². The van der Waals surface area contributed by atoms with Crippen molar-refractivity contribution in [2.75, 3.05) is 25.0 Å². The van der Waals surface area contributed by atoms with E-state index in [1.807, 2.05) is 0 Å². The van der Waals surface area contributed by atoms with Crippen molar-refractivity contribution in [1.82, 2.24) is 9.29 Å². The Hall–Kier alpha value is -2.98. The Morgan fingerprint density at radius 1 is 1.15 bits per heavy atom. The molecule has 0 aliphatic carbocycles. The van der Waals surface area contributed by atoms with Crippen LogP contribution in [0.1, 0.15) is 58.8 Å². The topological polar surface area (TPSA) is 126 Å². The molecular formula is C23H29N3O6S. The van der Waals surface area contributed by atoms with Gasteiger partial charge in [-0.05, 0) is 52.7 Å². The second-order valence-corrected chi connectivity index (χ2v) is 9.98. The number of rotatable bonds is 7. The second-order valence-electron chi connectivity index (χ2n) is 8.10. The molecule has 2 N–H and O–H groups in total. The molecule has 0 radical (unpaired) electrons. The van der Waals surface area contributed by atoms with Gasteiger partial charge in [-0.25, -0.2) is 13.2 Å². The van der Waals surface area contributed by atoms with E-state index in [2.05, 4.69) is 10.3 Å². The fraction of sp³-hybridized carbons (Fsp3) is 0.435. The maximum atomic E-state index is 13.4. The quantitative estimate of drug-likeness (QED) is 0.468. The highest BCUT2D eigenvalue weighted by Gasteiger charge is 2.37. The number of ether oxygens (including phenoxy) is 1. The second kappa shape index (κ2) is 9.88. The Balaban J connectivity index is 1.72. The van der Waals surface area contributed by atoms with Crippen molar-refractivity contribution in [2.24, 2.45) is 5.92 Å². The molecule has 0 bridgehead atoms. The number of carbonyl (C=O) groups is 3. The van der Waals surface area contributed by atoms with E-state index < -0.39 is 16.0 Å². The molecule has 1 fully saturated rings. The lowest BCUT2D eigenvalue weighted by molar-refractivity contribution is -0.120. The predicted molar refractivity (Wildman–Crippen MR) is 123 cm³/mol. The first-order valence-electron chi connectivity index (χ1n) is 10.8. The number of esters is 1. The largest absolute Gasteiger partial charge is 0.462 e. The maximum Gasteiger partial charge on any atom is 0.341 e. The van der Waals surface area contributed by atoms with Gasteiger partial charge in [0.25, 0.3) is 0 Å². The third kappa shape index (κ3) is 5.17. The molecule has 0 saturated carbocycles. The van der Waals surface area contributed by atoms with Gasteiger partial charge in [0.05, 0.1) is 6.61 Å². The lowest BCUT2D eigenvalue weighted by Crippen LogP contribution is -2.41. The summed E-state index contributed by atoms with van der Waals surface area (Å²) in [6.07, 6.45) is 0.684. The minimum atomic E-state index is -3.96. The van der Waals surface area contributed by atoms with E-state index in [9.17, 15) is 22.8 Å². The van der Waals surface area contributed by atoms with Crippen LogP contribution in [0.2, 0.25) is 0 Å². The molecule has 2 heterocycles. The van der Waals surface area contributed by atoms with Crippen molar-refractivity contribution in [2.45, 2.75) is 45.4 Å². The highest BCUT2D eigenvalue weighted by Crippen LogP contribution is 2.31. The Morgan fingerprint density at radius 2 is 1.82 bits per heavy atom. The van der Waals surface area contributed by atoms with Crippen molar-refractivity contribution in [1.29, 1.82) is 0 Å². The molecule has 178 valence electrons. The average molecular weight is 476 g/mol. The molecule has 10 heteroatoms. The fourth-order valence-electron chi connectivity index (χ4n) is 4.08. The van der Waals surface area contributed by atoms with Crippen LogP contribution in [0.3, 0.4) is 0 Å². The van der Waals surface area contributed by atoms with Crippen molar-refractivity contribution in [3.8, 4) is 0 Å². The molecule has 33 heavy (non-hydrogen) atoms. The molecule has 1 aliphatic rings. The van der Waals surface area contributed by atoms with E-state index >= 15 is 0 Å². The van der Waals surface area contributed by atoms with E-state index in [1.54, 1.807) is 45.0 Å².